The Kier molecular flexibility index (Phi) is 10.8. The van der Waals surface area contributed by atoms with Crippen molar-refractivity contribution in [2.75, 3.05) is 0 Å². The second kappa shape index (κ2) is 13.8. The van der Waals surface area contributed by atoms with E-state index >= 15 is 0 Å². The molecule has 0 heterocycles. The highest BCUT2D eigenvalue weighted by atomic mass is 19.1. The average molecular weight is 437 g/mol. The molecule has 0 bridgehead atoms. The molecule has 1 saturated carbocycles. The maximum absolute atomic E-state index is 15.0. The van der Waals surface area contributed by atoms with E-state index in [1.54, 1.807) is 0 Å². The molecule has 3 rings (SSSR count). The second-order valence-electron chi connectivity index (χ2n) is 10.1. The third-order valence-corrected chi connectivity index (χ3v) is 7.56. The Labute approximate surface area is 197 Å². The Morgan fingerprint density at radius 2 is 1.53 bits per heavy atom. The number of hydrogen-bond donors (Lipinski definition) is 0. The van der Waals surface area contributed by atoms with Crippen LogP contribution in [0, 0.1) is 5.92 Å². The minimum Gasteiger partial charge on any atom is -0.247 e. The summed E-state index contributed by atoms with van der Waals surface area (Å²) in [6.07, 6.45) is 16.0. The largest absolute Gasteiger partial charge is 0.247 e. The Bertz CT molecular complexity index is 757. The van der Waals surface area contributed by atoms with Gasteiger partial charge in [-0.05, 0) is 66.2 Å². The molecule has 0 radical (unpaired) electrons. The van der Waals surface area contributed by atoms with Gasteiger partial charge in [0, 0.05) is 6.42 Å². The van der Waals surface area contributed by atoms with E-state index in [-0.39, 0.29) is 0 Å². The SMILES string of the molecule is CCCCCCC(F)Cc1cc(C2CCC(CCCCC)CC2)ccc1-c1ccccc1. The first-order chi connectivity index (χ1) is 15.7. The third-order valence-electron chi connectivity index (χ3n) is 7.56. The zero-order chi connectivity index (χ0) is 22.6. The van der Waals surface area contributed by atoms with Crippen molar-refractivity contribution in [3.05, 3.63) is 59.7 Å². The van der Waals surface area contributed by atoms with Crippen LogP contribution >= 0.6 is 0 Å². The van der Waals surface area contributed by atoms with Crippen LogP contribution in [0.3, 0.4) is 0 Å². The van der Waals surface area contributed by atoms with Gasteiger partial charge in [0.2, 0.25) is 0 Å². The molecule has 1 aliphatic carbocycles. The summed E-state index contributed by atoms with van der Waals surface area (Å²) < 4.78 is 15.0. The summed E-state index contributed by atoms with van der Waals surface area (Å²) in [5.74, 6) is 1.59. The minimum absolute atomic E-state index is 0.552. The Hall–Kier alpha value is -1.63. The lowest BCUT2D eigenvalue weighted by Crippen LogP contribution is -2.14. The van der Waals surface area contributed by atoms with Gasteiger partial charge in [-0.15, -0.1) is 0 Å². The van der Waals surface area contributed by atoms with Crippen LogP contribution in [0.5, 0.6) is 0 Å². The molecule has 1 heteroatoms. The molecule has 32 heavy (non-hydrogen) atoms. The molecule has 0 amide bonds. The van der Waals surface area contributed by atoms with Crippen molar-refractivity contribution in [2.45, 2.75) is 116 Å². The Morgan fingerprint density at radius 3 is 2.25 bits per heavy atom. The standard InChI is InChI=1S/C31H45F/c1-3-5-7-12-16-30(32)24-29-23-28(21-22-31(29)27-14-10-8-11-15-27)26-19-17-25(18-20-26)13-9-6-4-2/h8,10-11,14-15,21-23,25-26,30H,3-7,9,12-13,16-20,24H2,1-2H3. The van der Waals surface area contributed by atoms with Crippen LogP contribution in [0.25, 0.3) is 11.1 Å². The predicted octanol–water partition coefficient (Wildman–Crippen LogP) is 10.1. The summed E-state index contributed by atoms with van der Waals surface area (Å²) in [5.41, 5.74) is 5.09. The molecule has 0 spiro atoms. The number of alkyl halides is 1. The van der Waals surface area contributed by atoms with E-state index in [0.29, 0.717) is 18.8 Å². The fourth-order valence-corrected chi connectivity index (χ4v) is 5.54. The number of benzene rings is 2. The number of unbranched alkanes of at least 4 members (excludes halogenated alkanes) is 5. The van der Waals surface area contributed by atoms with E-state index in [1.807, 2.05) is 0 Å². The molecule has 0 N–H and O–H groups in total. The van der Waals surface area contributed by atoms with Gasteiger partial charge in [0.25, 0.3) is 0 Å². The van der Waals surface area contributed by atoms with Crippen molar-refractivity contribution in [1.82, 2.24) is 0 Å². The summed E-state index contributed by atoms with van der Waals surface area (Å²) >= 11 is 0. The number of rotatable bonds is 13. The van der Waals surface area contributed by atoms with Gasteiger partial charge in [-0.25, -0.2) is 4.39 Å². The lowest BCUT2D eigenvalue weighted by molar-refractivity contribution is 0.300. The topological polar surface area (TPSA) is 0 Å². The zero-order valence-corrected chi connectivity index (χ0v) is 20.6. The van der Waals surface area contributed by atoms with E-state index in [4.69, 9.17) is 0 Å². The molecule has 1 unspecified atom stereocenters. The van der Waals surface area contributed by atoms with Gasteiger partial charge in [-0.3, -0.25) is 0 Å². The maximum Gasteiger partial charge on any atom is 0.104 e. The normalized spacial score (nSPS) is 19.7. The molecule has 1 atom stereocenters. The first-order valence-electron chi connectivity index (χ1n) is 13.5. The van der Waals surface area contributed by atoms with E-state index in [2.05, 4.69) is 62.4 Å². The van der Waals surface area contributed by atoms with Crippen LogP contribution < -0.4 is 0 Å². The smallest absolute Gasteiger partial charge is 0.104 e. The first kappa shape index (κ1) is 25.0. The molecule has 0 aromatic heterocycles. The van der Waals surface area contributed by atoms with Crippen molar-refractivity contribution in [3.63, 3.8) is 0 Å². The fourth-order valence-electron chi connectivity index (χ4n) is 5.54. The van der Waals surface area contributed by atoms with Crippen LogP contribution in [0.2, 0.25) is 0 Å². The van der Waals surface area contributed by atoms with Gasteiger partial charge in [0.1, 0.15) is 6.17 Å². The van der Waals surface area contributed by atoms with E-state index in [1.165, 1.54) is 86.5 Å². The highest BCUT2D eigenvalue weighted by Crippen LogP contribution is 2.39. The van der Waals surface area contributed by atoms with Gasteiger partial charge < -0.3 is 0 Å². The quantitative estimate of drug-likeness (QED) is 0.274. The van der Waals surface area contributed by atoms with E-state index in [0.717, 1.165) is 18.8 Å². The van der Waals surface area contributed by atoms with Gasteiger partial charge in [0.05, 0.1) is 0 Å². The highest BCUT2D eigenvalue weighted by molar-refractivity contribution is 5.68. The van der Waals surface area contributed by atoms with Crippen LogP contribution in [-0.2, 0) is 6.42 Å². The van der Waals surface area contributed by atoms with Gasteiger partial charge in [-0.2, -0.15) is 0 Å². The van der Waals surface area contributed by atoms with Crippen molar-refractivity contribution in [3.8, 4) is 11.1 Å². The Morgan fingerprint density at radius 1 is 0.812 bits per heavy atom. The van der Waals surface area contributed by atoms with Crippen molar-refractivity contribution in [2.24, 2.45) is 5.92 Å². The summed E-state index contributed by atoms with van der Waals surface area (Å²) in [7, 11) is 0. The Balaban J connectivity index is 1.68. The lowest BCUT2D eigenvalue weighted by Gasteiger charge is -2.29. The molecule has 2 aromatic rings. The zero-order valence-electron chi connectivity index (χ0n) is 20.6. The average Bonchev–Trinajstić information content (AvgIpc) is 2.83. The molecule has 0 nitrogen and oxygen atoms in total. The highest BCUT2D eigenvalue weighted by Gasteiger charge is 2.23. The minimum atomic E-state index is -0.737. The number of halogens is 1. The molecule has 176 valence electrons. The lowest BCUT2D eigenvalue weighted by atomic mass is 9.76. The molecular weight excluding hydrogens is 391 g/mol. The summed E-state index contributed by atoms with van der Waals surface area (Å²) in [4.78, 5) is 0. The fraction of sp³-hybridized carbons (Fsp3) is 0.613. The molecule has 2 aromatic carbocycles. The van der Waals surface area contributed by atoms with E-state index in [9.17, 15) is 4.39 Å². The van der Waals surface area contributed by atoms with Crippen molar-refractivity contribution < 1.29 is 4.39 Å². The summed E-state index contributed by atoms with van der Waals surface area (Å²) in [6, 6.07) is 17.5. The van der Waals surface area contributed by atoms with Crippen LogP contribution in [0.1, 0.15) is 114 Å². The van der Waals surface area contributed by atoms with Crippen molar-refractivity contribution in [1.29, 1.82) is 0 Å². The molecule has 1 aliphatic rings. The van der Waals surface area contributed by atoms with Gasteiger partial charge in [-0.1, -0.05) is 114 Å². The molecular formula is C31H45F. The van der Waals surface area contributed by atoms with Crippen LogP contribution in [0.4, 0.5) is 4.39 Å². The third kappa shape index (κ3) is 7.75. The van der Waals surface area contributed by atoms with Gasteiger partial charge >= 0.3 is 0 Å². The van der Waals surface area contributed by atoms with Crippen LogP contribution in [0.15, 0.2) is 48.5 Å². The van der Waals surface area contributed by atoms with Crippen molar-refractivity contribution >= 4 is 0 Å². The second-order valence-corrected chi connectivity index (χ2v) is 10.1. The summed E-state index contributed by atoms with van der Waals surface area (Å²) in [6.45, 7) is 4.50. The van der Waals surface area contributed by atoms with E-state index < -0.39 is 6.17 Å². The molecule has 0 aliphatic heterocycles. The molecule has 0 saturated heterocycles. The molecule has 1 fully saturated rings. The summed E-state index contributed by atoms with van der Waals surface area (Å²) in [5, 5.41) is 0. The van der Waals surface area contributed by atoms with Crippen LogP contribution in [-0.4, -0.2) is 6.17 Å². The maximum atomic E-state index is 15.0. The van der Waals surface area contributed by atoms with Gasteiger partial charge in [0.15, 0.2) is 0 Å². The monoisotopic (exact) mass is 436 g/mol. The predicted molar refractivity (Wildman–Crippen MR) is 138 cm³/mol. The number of hydrogen-bond acceptors (Lipinski definition) is 0. The first-order valence-corrected chi connectivity index (χ1v) is 13.5.